The fraction of sp³-hybridized carbons (Fsp3) is 0.364. The summed E-state index contributed by atoms with van der Waals surface area (Å²) in [6, 6.07) is 8.34. The Hall–Kier alpha value is -1.40. The van der Waals surface area contributed by atoms with Gasteiger partial charge in [0.1, 0.15) is 0 Å². The van der Waals surface area contributed by atoms with Crippen LogP contribution in [-0.4, -0.2) is 26.1 Å². The Morgan fingerprint density at radius 1 is 1.35 bits per heavy atom. The Balaban J connectivity index is 2.60. The Morgan fingerprint density at radius 3 is 2.47 bits per heavy atom. The molecular formula is C11H16N2O3S. The first-order chi connectivity index (χ1) is 7.94. The first-order valence-electron chi connectivity index (χ1n) is 5.28. The van der Waals surface area contributed by atoms with Crippen LogP contribution in [0, 0.1) is 0 Å². The summed E-state index contributed by atoms with van der Waals surface area (Å²) in [6.45, 7) is 1.46. The van der Waals surface area contributed by atoms with Gasteiger partial charge in [0.05, 0.1) is 11.8 Å². The second kappa shape index (κ2) is 5.79. The van der Waals surface area contributed by atoms with Gasteiger partial charge in [-0.1, -0.05) is 30.3 Å². The van der Waals surface area contributed by atoms with Gasteiger partial charge >= 0.3 is 0 Å². The van der Waals surface area contributed by atoms with Gasteiger partial charge in [-0.2, -0.15) is 0 Å². The van der Waals surface area contributed by atoms with Gasteiger partial charge in [-0.05, 0) is 18.9 Å². The first kappa shape index (κ1) is 13.7. The minimum atomic E-state index is -3.54. The van der Waals surface area contributed by atoms with E-state index in [0.717, 1.165) is 5.56 Å². The highest BCUT2D eigenvalue weighted by Crippen LogP contribution is 2.02. The van der Waals surface area contributed by atoms with E-state index in [1.165, 1.54) is 6.92 Å². The van der Waals surface area contributed by atoms with Gasteiger partial charge in [-0.25, -0.2) is 8.42 Å². The van der Waals surface area contributed by atoms with Crippen molar-refractivity contribution in [2.75, 3.05) is 5.75 Å². The molecule has 17 heavy (non-hydrogen) atoms. The summed E-state index contributed by atoms with van der Waals surface area (Å²) in [7, 11) is -3.54. The summed E-state index contributed by atoms with van der Waals surface area (Å²) in [5.74, 6) is -0.813. The third-order valence-electron chi connectivity index (χ3n) is 2.27. The zero-order chi connectivity index (χ0) is 12.9. The van der Waals surface area contributed by atoms with Crippen molar-refractivity contribution >= 4 is 15.9 Å². The normalized spacial score (nSPS) is 13.1. The predicted molar refractivity (Wildman–Crippen MR) is 65.7 cm³/mol. The number of carbonyl (C=O) groups excluding carboxylic acids is 1. The predicted octanol–water partition coefficient (Wildman–Crippen LogP) is 0.0223. The van der Waals surface area contributed by atoms with Crippen LogP contribution < -0.4 is 10.5 Å². The van der Waals surface area contributed by atoms with E-state index in [1.54, 1.807) is 0 Å². The first-order valence-corrected chi connectivity index (χ1v) is 6.93. The van der Waals surface area contributed by atoms with E-state index in [2.05, 4.69) is 0 Å². The van der Waals surface area contributed by atoms with E-state index in [4.69, 9.17) is 5.73 Å². The van der Waals surface area contributed by atoms with E-state index in [0.29, 0.717) is 6.42 Å². The van der Waals surface area contributed by atoms with Crippen molar-refractivity contribution < 1.29 is 13.2 Å². The Bertz CT molecular complexity index is 471. The van der Waals surface area contributed by atoms with Crippen LogP contribution in [0.3, 0.4) is 0 Å². The number of carbonyl (C=O) groups is 1. The van der Waals surface area contributed by atoms with Crippen molar-refractivity contribution in [3.63, 3.8) is 0 Å². The molecule has 0 heterocycles. The number of nitrogens with two attached hydrogens (primary N) is 1. The largest absolute Gasteiger partial charge is 0.320 e. The molecular weight excluding hydrogens is 240 g/mol. The second-order valence-corrected chi connectivity index (χ2v) is 5.68. The molecule has 1 amide bonds. The summed E-state index contributed by atoms with van der Waals surface area (Å²) < 4.78 is 24.3. The van der Waals surface area contributed by atoms with E-state index < -0.39 is 22.0 Å². The highest BCUT2D eigenvalue weighted by Gasteiger charge is 2.18. The lowest BCUT2D eigenvalue weighted by Crippen LogP contribution is -2.45. The molecule has 1 unspecified atom stereocenters. The van der Waals surface area contributed by atoms with Gasteiger partial charge in [0.25, 0.3) is 5.91 Å². The number of amides is 1. The topological polar surface area (TPSA) is 89.3 Å². The van der Waals surface area contributed by atoms with Crippen LogP contribution in [0.2, 0.25) is 0 Å². The number of hydrogen-bond donors (Lipinski definition) is 2. The number of benzene rings is 1. The Morgan fingerprint density at radius 2 is 1.94 bits per heavy atom. The van der Waals surface area contributed by atoms with Crippen LogP contribution in [0.5, 0.6) is 0 Å². The molecule has 0 aromatic heterocycles. The number of nitrogens with one attached hydrogen (secondary N) is 1. The maximum absolute atomic E-state index is 11.5. The molecule has 0 aliphatic heterocycles. The smallest absolute Gasteiger partial charge is 0.250 e. The maximum Gasteiger partial charge on any atom is 0.250 e. The lowest BCUT2D eigenvalue weighted by Gasteiger charge is -2.11. The Labute approximate surface area is 101 Å². The SMILES string of the molecule is CCS(=O)(=O)NC(=O)C(N)Cc1ccccc1. The minimum absolute atomic E-state index is 0.142. The minimum Gasteiger partial charge on any atom is -0.320 e. The summed E-state index contributed by atoms with van der Waals surface area (Å²) in [5, 5.41) is 0. The molecule has 3 N–H and O–H groups in total. The van der Waals surface area contributed by atoms with E-state index in [1.807, 2.05) is 35.1 Å². The molecule has 0 aliphatic rings. The van der Waals surface area contributed by atoms with Gasteiger partial charge in [0.15, 0.2) is 0 Å². The molecule has 1 aromatic carbocycles. The fourth-order valence-corrected chi connectivity index (χ4v) is 1.86. The summed E-state index contributed by atoms with van der Waals surface area (Å²) >= 11 is 0. The van der Waals surface area contributed by atoms with E-state index in [9.17, 15) is 13.2 Å². The van der Waals surface area contributed by atoms with Crippen molar-refractivity contribution in [2.45, 2.75) is 19.4 Å². The molecule has 5 nitrogen and oxygen atoms in total. The maximum atomic E-state index is 11.5. The van der Waals surface area contributed by atoms with Crippen LogP contribution in [0.25, 0.3) is 0 Å². The van der Waals surface area contributed by atoms with Crippen LogP contribution >= 0.6 is 0 Å². The molecule has 0 fully saturated rings. The highest BCUT2D eigenvalue weighted by atomic mass is 32.2. The summed E-state index contributed by atoms with van der Waals surface area (Å²) in [4.78, 5) is 11.5. The lowest BCUT2D eigenvalue weighted by atomic mass is 10.1. The molecule has 1 aromatic rings. The van der Waals surface area contributed by atoms with Gasteiger partial charge in [-0.3, -0.25) is 9.52 Å². The molecule has 1 atom stereocenters. The summed E-state index contributed by atoms with van der Waals surface area (Å²) in [6.07, 6.45) is 0.311. The zero-order valence-electron chi connectivity index (χ0n) is 9.59. The van der Waals surface area contributed by atoms with Crippen LogP contribution in [0.1, 0.15) is 12.5 Å². The molecule has 0 aliphatic carbocycles. The molecule has 0 saturated heterocycles. The standard InChI is InChI=1S/C11H16N2O3S/c1-2-17(15,16)13-11(14)10(12)8-9-6-4-3-5-7-9/h3-7,10H,2,8,12H2,1H3,(H,13,14). The monoisotopic (exact) mass is 256 g/mol. The van der Waals surface area contributed by atoms with Crippen molar-refractivity contribution in [3.05, 3.63) is 35.9 Å². The molecule has 6 heteroatoms. The lowest BCUT2D eigenvalue weighted by molar-refractivity contribution is -0.120. The zero-order valence-corrected chi connectivity index (χ0v) is 10.4. The van der Waals surface area contributed by atoms with Crippen molar-refractivity contribution in [3.8, 4) is 0 Å². The van der Waals surface area contributed by atoms with Crippen LogP contribution in [-0.2, 0) is 21.2 Å². The molecule has 94 valence electrons. The molecule has 0 bridgehead atoms. The quantitative estimate of drug-likeness (QED) is 0.777. The molecule has 1 rings (SSSR count). The highest BCUT2D eigenvalue weighted by molar-refractivity contribution is 7.90. The molecule has 0 saturated carbocycles. The third kappa shape index (κ3) is 4.54. The fourth-order valence-electron chi connectivity index (χ4n) is 1.26. The second-order valence-electron chi connectivity index (χ2n) is 3.67. The van der Waals surface area contributed by atoms with Crippen LogP contribution in [0.15, 0.2) is 30.3 Å². The van der Waals surface area contributed by atoms with Crippen molar-refractivity contribution in [1.29, 1.82) is 0 Å². The van der Waals surface area contributed by atoms with E-state index >= 15 is 0 Å². The molecule has 0 radical (unpaired) electrons. The molecule has 0 spiro atoms. The van der Waals surface area contributed by atoms with Gasteiger partial charge in [0.2, 0.25) is 10.0 Å². The summed E-state index contributed by atoms with van der Waals surface area (Å²) in [5.41, 5.74) is 6.53. The average molecular weight is 256 g/mol. The van der Waals surface area contributed by atoms with Gasteiger partial charge < -0.3 is 5.73 Å². The van der Waals surface area contributed by atoms with Crippen molar-refractivity contribution in [1.82, 2.24) is 4.72 Å². The number of hydrogen-bond acceptors (Lipinski definition) is 4. The Kier molecular flexibility index (Phi) is 4.65. The number of rotatable bonds is 5. The van der Waals surface area contributed by atoms with Crippen molar-refractivity contribution in [2.24, 2.45) is 5.73 Å². The van der Waals surface area contributed by atoms with Gasteiger partial charge in [0, 0.05) is 0 Å². The van der Waals surface area contributed by atoms with E-state index in [-0.39, 0.29) is 5.75 Å². The average Bonchev–Trinajstić information content (AvgIpc) is 2.30. The third-order valence-corrected chi connectivity index (χ3v) is 3.54. The van der Waals surface area contributed by atoms with Gasteiger partial charge in [-0.15, -0.1) is 0 Å². The van der Waals surface area contributed by atoms with Crippen LogP contribution in [0.4, 0.5) is 0 Å². The number of sulfonamides is 1.